The van der Waals surface area contributed by atoms with Crippen molar-refractivity contribution in [3.8, 4) is 0 Å². The van der Waals surface area contributed by atoms with Crippen LogP contribution in [0.5, 0.6) is 0 Å². The minimum Gasteiger partial charge on any atom is -0.381 e. The molecule has 1 heterocycles. The van der Waals surface area contributed by atoms with Crippen molar-refractivity contribution in [2.45, 2.75) is 65.3 Å². The van der Waals surface area contributed by atoms with Gasteiger partial charge in [0.1, 0.15) is 0 Å². The molecule has 2 aliphatic rings. The Morgan fingerprint density at radius 3 is 2.57 bits per heavy atom. The van der Waals surface area contributed by atoms with E-state index in [0.29, 0.717) is 6.54 Å². The molecule has 0 amide bonds. The zero-order valence-corrected chi connectivity index (χ0v) is 19.0. The van der Waals surface area contributed by atoms with Crippen molar-refractivity contribution in [2.24, 2.45) is 10.9 Å². The lowest BCUT2D eigenvalue weighted by Crippen LogP contribution is -2.44. The van der Waals surface area contributed by atoms with Gasteiger partial charge >= 0.3 is 0 Å². The minimum absolute atomic E-state index is 0.289. The van der Waals surface area contributed by atoms with Crippen LogP contribution in [-0.2, 0) is 22.6 Å². The molecule has 2 N–H and O–H groups in total. The van der Waals surface area contributed by atoms with Crippen molar-refractivity contribution < 1.29 is 9.47 Å². The van der Waals surface area contributed by atoms with Crippen molar-refractivity contribution in [3.63, 3.8) is 0 Å². The van der Waals surface area contributed by atoms with Crippen LogP contribution in [0.1, 0.15) is 51.2 Å². The molecule has 6 heteroatoms. The summed E-state index contributed by atoms with van der Waals surface area (Å²) in [7, 11) is 0. The van der Waals surface area contributed by atoms with Gasteiger partial charge in [-0.1, -0.05) is 24.3 Å². The van der Waals surface area contributed by atoms with E-state index >= 15 is 0 Å². The van der Waals surface area contributed by atoms with E-state index in [1.807, 2.05) is 0 Å². The topological polar surface area (TPSA) is 58.1 Å². The maximum atomic E-state index is 5.88. The molecular weight excluding hydrogens is 376 g/mol. The normalized spacial score (nSPS) is 22.8. The molecule has 0 bridgehead atoms. The molecule has 2 fully saturated rings. The van der Waals surface area contributed by atoms with E-state index in [2.05, 4.69) is 60.6 Å². The third-order valence-electron chi connectivity index (χ3n) is 5.57. The van der Waals surface area contributed by atoms with Crippen LogP contribution in [-0.4, -0.2) is 62.5 Å². The van der Waals surface area contributed by atoms with Crippen molar-refractivity contribution in [1.82, 2.24) is 15.5 Å². The third kappa shape index (κ3) is 8.25. The fraction of sp³-hybridized carbons (Fsp3) is 0.708. The fourth-order valence-corrected chi connectivity index (χ4v) is 3.94. The first-order valence-electron chi connectivity index (χ1n) is 11.7. The van der Waals surface area contributed by atoms with Crippen LogP contribution in [0.3, 0.4) is 0 Å². The Morgan fingerprint density at radius 2 is 1.87 bits per heavy atom. The first-order chi connectivity index (χ1) is 14.6. The van der Waals surface area contributed by atoms with Crippen LogP contribution in [0.2, 0.25) is 0 Å². The molecule has 1 aromatic carbocycles. The zero-order chi connectivity index (χ0) is 21.2. The van der Waals surface area contributed by atoms with Crippen LogP contribution in [0.4, 0.5) is 0 Å². The van der Waals surface area contributed by atoms with E-state index in [4.69, 9.17) is 14.5 Å². The minimum atomic E-state index is 0.289. The second kappa shape index (κ2) is 12.3. The maximum absolute atomic E-state index is 5.88. The number of hydrogen-bond acceptors (Lipinski definition) is 4. The number of rotatable bonds is 11. The molecule has 0 radical (unpaired) electrons. The maximum Gasteiger partial charge on any atom is 0.191 e. The molecule has 3 rings (SSSR count). The largest absolute Gasteiger partial charge is 0.381 e. The predicted octanol–water partition coefficient (Wildman–Crippen LogP) is 3.17. The summed E-state index contributed by atoms with van der Waals surface area (Å²) in [5.41, 5.74) is 2.64. The first kappa shape index (κ1) is 23.0. The predicted molar refractivity (Wildman–Crippen MR) is 123 cm³/mol. The first-order valence-corrected chi connectivity index (χ1v) is 11.7. The quantitative estimate of drug-likeness (QED) is 0.330. The van der Waals surface area contributed by atoms with E-state index in [-0.39, 0.29) is 12.2 Å². The number of guanidine groups is 1. The summed E-state index contributed by atoms with van der Waals surface area (Å²) in [4.78, 5) is 7.33. The highest BCUT2D eigenvalue weighted by molar-refractivity contribution is 5.79. The Morgan fingerprint density at radius 1 is 1.13 bits per heavy atom. The van der Waals surface area contributed by atoms with Gasteiger partial charge in [0, 0.05) is 45.9 Å². The lowest BCUT2D eigenvalue weighted by molar-refractivity contribution is -0.0705. The molecule has 1 aliphatic carbocycles. The van der Waals surface area contributed by atoms with Gasteiger partial charge in [0.15, 0.2) is 5.96 Å². The molecule has 0 spiro atoms. The summed E-state index contributed by atoms with van der Waals surface area (Å²) in [5.74, 6) is 1.71. The second-order valence-electron chi connectivity index (χ2n) is 8.71. The summed E-state index contributed by atoms with van der Waals surface area (Å²) in [6.07, 6.45) is 4.27. The Hall–Kier alpha value is -1.63. The van der Waals surface area contributed by atoms with Gasteiger partial charge < -0.3 is 20.1 Å². The summed E-state index contributed by atoms with van der Waals surface area (Å²) >= 11 is 0. The molecule has 6 nitrogen and oxygen atoms in total. The van der Waals surface area contributed by atoms with E-state index < -0.39 is 0 Å². The summed E-state index contributed by atoms with van der Waals surface area (Å²) in [6.45, 7) is 13.5. The molecule has 2 atom stereocenters. The van der Waals surface area contributed by atoms with Gasteiger partial charge in [0.25, 0.3) is 0 Å². The monoisotopic (exact) mass is 416 g/mol. The molecule has 1 saturated heterocycles. The van der Waals surface area contributed by atoms with Gasteiger partial charge in [0.05, 0.1) is 18.8 Å². The molecule has 1 saturated carbocycles. The van der Waals surface area contributed by atoms with Crippen LogP contribution in [0, 0.1) is 5.92 Å². The Labute approximate surface area is 182 Å². The van der Waals surface area contributed by atoms with Crippen LogP contribution in [0.15, 0.2) is 29.3 Å². The molecule has 168 valence electrons. The summed E-state index contributed by atoms with van der Waals surface area (Å²) < 4.78 is 11.6. The Bertz CT molecular complexity index is 652. The number of benzene rings is 1. The molecule has 1 aromatic rings. The van der Waals surface area contributed by atoms with E-state index in [0.717, 1.165) is 64.2 Å². The standard InChI is InChI=1S/C24H40N4O2/c1-4-25-24(26-12-7-13-29-18-21-10-11-21)27-14-22-8-5-6-9-23(22)17-28-15-19(2)30-20(3)16-28/h5-6,8-9,19-21H,4,7,10-18H2,1-3H3,(H2,25,26,27). The SMILES string of the molecule is CCNC(=NCc1ccccc1CN1CC(C)OC(C)C1)NCCCOCC1CC1. The number of nitrogens with one attached hydrogen (secondary N) is 2. The molecule has 1 aliphatic heterocycles. The highest BCUT2D eigenvalue weighted by Crippen LogP contribution is 2.28. The van der Waals surface area contributed by atoms with E-state index in [9.17, 15) is 0 Å². The molecule has 0 aromatic heterocycles. The summed E-state index contributed by atoms with van der Waals surface area (Å²) in [5, 5.41) is 6.79. The van der Waals surface area contributed by atoms with E-state index in [1.54, 1.807) is 0 Å². The van der Waals surface area contributed by atoms with Crippen LogP contribution in [0.25, 0.3) is 0 Å². The van der Waals surface area contributed by atoms with Gasteiger partial charge in [-0.25, -0.2) is 4.99 Å². The van der Waals surface area contributed by atoms with Gasteiger partial charge in [-0.05, 0) is 57.1 Å². The van der Waals surface area contributed by atoms with Crippen molar-refractivity contribution >= 4 is 5.96 Å². The van der Waals surface area contributed by atoms with Crippen molar-refractivity contribution in [1.29, 1.82) is 0 Å². The number of nitrogens with zero attached hydrogens (tertiary/aromatic N) is 2. The van der Waals surface area contributed by atoms with Crippen LogP contribution < -0.4 is 10.6 Å². The number of aliphatic imine (C=N–C) groups is 1. The third-order valence-corrected chi connectivity index (χ3v) is 5.57. The highest BCUT2D eigenvalue weighted by atomic mass is 16.5. The Balaban J connectivity index is 1.49. The lowest BCUT2D eigenvalue weighted by atomic mass is 10.1. The van der Waals surface area contributed by atoms with Gasteiger partial charge in [-0.15, -0.1) is 0 Å². The molecule has 2 unspecified atom stereocenters. The fourth-order valence-electron chi connectivity index (χ4n) is 3.94. The number of morpholine rings is 1. The van der Waals surface area contributed by atoms with Gasteiger partial charge in [0.2, 0.25) is 0 Å². The van der Waals surface area contributed by atoms with Crippen molar-refractivity contribution in [3.05, 3.63) is 35.4 Å². The Kier molecular flexibility index (Phi) is 9.43. The zero-order valence-electron chi connectivity index (χ0n) is 19.0. The van der Waals surface area contributed by atoms with Crippen LogP contribution >= 0.6 is 0 Å². The van der Waals surface area contributed by atoms with Gasteiger partial charge in [-0.3, -0.25) is 4.90 Å². The average molecular weight is 417 g/mol. The summed E-state index contributed by atoms with van der Waals surface area (Å²) in [6, 6.07) is 8.66. The average Bonchev–Trinajstić information content (AvgIpc) is 3.53. The van der Waals surface area contributed by atoms with Gasteiger partial charge in [-0.2, -0.15) is 0 Å². The molecule has 30 heavy (non-hydrogen) atoms. The number of hydrogen-bond donors (Lipinski definition) is 2. The van der Waals surface area contributed by atoms with Crippen molar-refractivity contribution in [2.75, 3.05) is 39.4 Å². The van der Waals surface area contributed by atoms with E-state index in [1.165, 1.54) is 24.0 Å². The smallest absolute Gasteiger partial charge is 0.191 e. The second-order valence-corrected chi connectivity index (χ2v) is 8.71. The highest BCUT2D eigenvalue weighted by Gasteiger charge is 2.22. The number of ether oxygens (including phenoxy) is 2. The lowest BCUT2D eigenvalue weighted by Gasteiger charge is -2.35. The molecular formula is C24H40N4O2.